The number of thioether (sulfide) groups is 1. The number of allylic oxidation sites excluding steroid dienone is 1. The molecule has 4 aliphatic heterocycles. The van der Waals surface area contributed by atoms with E-state index in [0.717, 1.165) is 25.7 Å². The molecule has 7 nitrogen and oxygen atoms in total. The van der Waals surface area contributed by atoms with E-state index in [1.54, 1.807) is 16.7 Å². The van der Waals surface area contributed by atoms with Crippen molar-refractivity contribution in [2.24, 2.45) is 23.2 Å². The van der Waals surface area contributed by atoms with Gasteiger partial charge in [0, 0.05) is 16.8 Å². The molecule has 4 heterocycles. The fraction of sp³-hybridized carbons (Fsp3) is 0.774. The second-order valence-electron chi connectivity index (χ2n) is 14.0. The van der Waals surface area contributed by atoms with Gasteiger partial charge in [0.1, 0.15) is 6.04 Å². The van der Waals surface area contributed by atoms with Crippen molar-refractivity contribution in [3.05, 3.63) is 24.3 Å². The first-order valence-electron chi connectivity index (χ1n) is 14.6. The number of hydrogen-bond acceptors (Lipinski definition) is 6. The predicted molar refractivity (Wildman–Crippen MR) is 155 cm³/mol. The number of cyclic esters (lactones) is 1. The Kier molecular flexibility index (Phi) is 8.16. The molecule has 0 radical (unpaired) electrons. The minimum absolute atomic E-state index is 0.0103. The van der Waals surface area contributed by atoms with Gasteiger partial charge in [-0.15, -0.1) is 11.8 Å². The normalized spacial score (nSPS) is 35.7. The number of fused-ring (bicyclic) bond motifs is 2. The van der Waals surface area contributed by atoms with Crippen LogP contribution in [0.15, 0.2) is 24.3 Å². The van der Waals surface area contributed by atoms with Crippen LogP contribution in [0.1, 0.15) is 81.1 Å². The number of rotatable bonds is 6. The summed E-state index contributed by atoms with van der Waals surface area (Å²) in [5, 5.41) is 10.6. The number of carbonyl (C=O) groups is 3. The zero-order chi connectivity index (χ0) is 29.0. The van der Waals surface area contributed by atoms with Gasteiger partial charge in [-0.05, 0) is 51.4 Å². The Morgan fingerprint density at radius 1 is 1.10 bits per heavy atom. The van der Waals surface area contributed by atoms with E-state index in [4.69, 9.17) is 4.74 Å². The molecule has 1 spiro atoms. The quantitative estimate of drug-likeness (QED) is 0.378. The zero-order valence-electron chi connectivity index (χ0n) is 25.0. The van der Waals surface area contributed by atoms with Gasteiger partial charge < -0.3 is 19.6 Å². The number of amides is 2. The third-order valence-electron chi connectivity index (χ3n) is 9.23. The first-order chi connectivity index (χ1) is 18.1. The number of nitrogens with zero attached hydrogens (tertiary/aromatic N) is 2. The SMILES string of the molecule is CC[C@H](C)[C@H](CO)N1C(=O)[C@@H]2[C@@H]3C(=O)OCCC/C=C\[C@]3(C)S[C@@]23C=CCN(C(C)(C)CC(C)(C)C)C(=O)C13. The molecule has 8 heteroatoms. The summed E-state index contributed by atoms with van der Waals surface area (Å²) < 4.78 is 4.08. The lowest BCUT2D eigenvalue weighted by atomic mass is 9.74. The molecule has 2 fully saturated rings. The third-order valence-corrected chi connectivity index (χ3v) is 11.0. The molecular formula is C31H48N2O5S. The minimum Gasteiger partial charge on any atom is -0.465 e. The molecule has 2 saturated heterocycles. The number of aliphatic hydroxyl groups is 1. The van der Waals surface area contributed by atoms with E-state index in [9.17, 15) is 19.5 Å². The van der Waals surface area contributed by atoms with E-state index in [-0.39, 0.29) is 35.7 Å². The van der Waals surface area contributed by atoms with Crippen LogP contribution in [0.4, 0.5) is 0 Å². The molecule has 0 aromatic rings. The van der Waals surface area contributed by atoms with Crippen LogP contribution in [0, 0.1) is 23.2 Å². The zero-order valence-corrected chi connectivity index (χ0v) is 25.8. The number of ether oxygens (including phenoxy) is 1. The lowest BCUT2D eigenvalue weighted by Crippen LogP contribution is -2.61. The lowest BCUT2D eigenvalue weighted by molar-refractivity contribution is -0.155. The van der Waals surface area contributed by atoms with Crippen molar-refractivity contribution in [2.45, 2.75) is 108 Å². The Labute approximate surface area is 238 Å². The van der Waals surface area contributed by atoms with Crippen molar-refractivity contribution < 1.29 is 24.2 Å². The van der Waals surface area contributed by atoms with Gasteiger partial charge in [0.2, 0.25) is 11.8 Å². The average Bonchev–Trinajstić information content (AvgIpc) is 3.17. The lowest BCUT2D eigenvalue weighted by Gasteiger charge is -2.46. The highest BCUT2D eigenvalue weighted by Gasteiger charge is 2.75. The van der Waals surface area contributed by atoms with Crippen LogP contribution in [0.3, 0.4) is 0 Å². The Morgan fingerprint density at radius 3 is 2.41 bits per heavy atom. The van der Waals surface area contributed by atoms with E-state index < -0.39 is 39.0 Å². The van der Waals surface area contributed by atoms with Crippen LogP contribution in [0.5, 0.6) is 0 Å². The standard InChI is InChI=1S/C31H48N2O5S/c1-9-20(2)21(18-34)33-24-26(36)32(29(6,7)19-28(3,4)5)16-13-15-31(24)22(25(33)35)23-27(37)38-17-12-10-11-14-30(23,8)39-31/h11,13-15,20-24,34H,9-10,12,16-19H2,1-8H3/b14-11-/t20-,21-,22-,23+,24?,30-,31-/m0/s1. The second kappa shape index (κ2) is 10.6. The maximum Gasteiger partial charge on any atom is 0.311 e. The van der Waals surface area contributed by atoms with Crippen molar-refractivity contribution in [1.29, 1.82) is 0 Å². The van der Waals surface area contributed by atoms with E-state index in [0.29, 0.717) is 13.2 Å². The van der Waals surface area contributed by atoms with Gasteiger partial charge in [-0.2, -0.15) is 0 Å². The maximum atomic E-state index is 14.8. The van der Waals surface area contributed by atoms with Crippen molar-refractivity contribution in [3.63, 3.8) is 0 Å². The Balaban J connectivity index is 1.91. The van der Waals surface area contributed by atoms with Gasteiger partial charge in [0.05, 0.1) is 35.8 Å². The van der Waals surface area contributed by atoms with Crippen molar-refractivity contribution in [3.8, 4) is 0 Å². The summed E-state index contributed by atoms with van der Waals surface area (Å²) in [6, 6.07) is -1.34. The van der Waals surface area contributed by atoms with E-state index in [1.165, 1.54) is 0 Å². The Bertz CT molecular complexity index is 1050. The third kappa shape index (κ3) is 5.09. The molecule has 1 N–H and O–H groups in total. The molecular weight excluding hydrogens is 512 g/mol. The fourth-order valence-corrected chi connectivity index (χ4v) is 9.82. The summed E-state index contributed by atoms with van der Waals surface area (Å²) in [5.41, 5.74) is -0.474. The van der Waals surface area contributed by atoms with Crippen LogP contribution in [0.25, 0.3) is 0 Å². The predicted octanol–water partition coefficient (Wildman–Crippen LogP) is 4.59. The van der Waals surface area contributed by atoms with Crippen LogP contribution >= 0.6 is 11.8 Å². The number of esters is 1. The smallest absolute Gasteiger partial charge is 0.311 e. The molecule has 0 aliphatic carbocycles. The summed E-state index contributed by atoms with van der Waals surface area (Å²) in [6.07, 6.45) is 11.3. The maximum absolute atomic E-state index is 14.8. The summed E-state index contributed by atoms with van der Waals surface area (Å²) in [4.78, 5) is 46.7. The Morgan fingerprint density at radius 2 is 1.79 bits per heavy atom. The number of hydrogen-bond donors (Lipinski definition) is 1. The molecule has 1 unspecified atom stereocenters. The van der Waals surface area contributed by atoms with E-state index in [2.05, 4.69) is 46.8 Å². The number of aliphatic hydroxyl groups excluding tert-OH is 1. The largest absolute Gasteiger partial charge is 0.465 e. The Hall–Kier alpha value is -1.80. The molecule has 39 heavy (non-hydrogen) atoms. The van der Waals surface area contributed by atoms with Crippen molar-refractivity contribution in [2.75, 3.05) is 19.8 Å². The summed E-state index contributed by atoms with van der Waals surface area (Å²) in [6.45, 7) is 17.3. The van der Waals surface area contributed by atoms with Crippen LogP contribution < -0.4 is 0 Å². The molecule has 4 rings (SSSR count). The highest BCUT2D eigenvalue weighted by atomic mass is 32.2. The van der Waals surface area contributed by atoms with Crippen LogP contribution in [-0.2, 0) is 19.1 Å². The summed E-state index contributed by atoms with van der Waals surface area (Å²) >= 11 is 1.57. The van der Waals surface area contributed by atoms with Gasteiger partial charge in [0.15, 0.2) is 0 Å². The molecule has 2 amide bonds. The van der Waals surface area contributed by atoms with Crippen LogP contribution in [-0.4, -0.2) is 79.6 Å². The molecule has 0 aromatic heterocycles. The molecule has 218 valence electrons. The van der Waals surface area contributed by atoms with Crippen LogP contribution in [0.2, 0.25) is 0 Å². The van der Waals surface area contributed by atoms with Crippen molar-refractivity contribution >= 4 is 29.5 Å². The van der Waals surface area contributed by atoms with Gasteiger partial charge in [0.25, 0.3) is 0 Å². The average molecular weight is 561 g/mol. The molecule has 4 aliphatic rings. The molecule has 7 atom stereocenters. The molecule has 0 saturated carbocycles. The number of likely N-dealkylation sites (tertiary alicyclic amines) is 1. The molecule has 0 bridgehead atoms. The van der Waals surface area contributed by atoms with Gasteiger partial charge in [-0.1, -0.05) is 65.3 Å². The highest BCUT2D eigenvalue weighted by molar-refractivity contribution is 8.02. The summed E-state index contributed by atoms with van der Waals surface area (Å²) in [5.74, 6) is -2.19. The van der Waals surface area contributed by atoms with Gasteiger partial charge in [-0.25, -0.2) is 0 Å². The van der Waals surface area contributed by atoms with Crippen molar-refractivity contribution in [1.82, 2.24) is 9.80 Å². The topological polar surface area (TPSA) is 87.2 Å². The molecule has 0 aromatic carbocycles. The minimum atomic E-state index is -0.941. The van der Waals surface area contributed by atoms with Gasteiger partial charge >= 0.3 is 5.97 Å². The number of carbonyl (C=O) groups excluding carboxylic acids is 3. The van der Waals surface area contributed by atoms with E-state index in [1.807, 2.05) is 37.8 Å². The van der Waals surface area contributed by atoms with E-state index >= 15 is 0 Å². The summed E-state index contributed by atoms with van der Waals surface area (Å²) in [7, 11) is 0. The van der Waals surface area contributed by atoms with Gasteiger partial charge in [-0.3, -0.25) is 14.4 Å². The second-order valence-corrected chi connectivity index (χ2v) is 15.8. The fourth-order valence-electron chi connectivity index (χ4n) is 7.68. The first kappa shape index (κ1) is 30.2. The monoisotopic (exact) mass is 560 g/mol. The first-order valence-corrected chi connectivity index (χ1v) is 15.4. The highest BCUT2D eigenvalue weighted by Crippen LogP contribution is 2.66.